The van der Waals surface area contributed by atoms with Crippen LogP contribution in [0.3, 0.4) is 0 Å². The van der Waals surface area contributed by atoms with E-state index in [9.17, 15) is 0 Å². The Kier molecular flexibility index (Phi) is 3.83. The highest BCUT2D eigenvalue weighted by atomic mass is 15.2. The average molecular weight is 366 g/mol. The van der Waals surface area contributed by atoms with Crippen LogP contribution in [-0.2, 0) is 0 Å². The summed E-state index contributed by atoms with van der Waals surface area (Å²) in [6, 6.07) is 29.8. The molecule has 4 aromatic heterocycles. The standard InChI is InChI=1S/C24H22N4/c1-25(23-15-13-21-7-3-5-17-27(21)23)19-9-11-20(12-10-19)26(2)24-16-14-22-8-4-6-18-28(22)24/h3-18H,1-2H3. The molecule has 0 radical (unpaired) electrons. The van der Waals surface area contributed by atoms with Crippen molar-refractivity contribution in [2.24, 2.45) is 0 Å². The van der Waals surface area contributed by atoms with Crippen molar-refractivity contribution >= 4 is 34.0 Å². The highest BCUT2D eigenvalue weighted by Crippen LogP contribution is 2.30. The van der Waals surface area contributed by atoms with Crippen LogP contribution in [-0.4, -0.2) is 22.9 Å². The quantitative estimate of drug-likeness (QED) is 0.404. The molecule has 0 bridgehead atoms. The second kappa shape index (κ2) is 6.50. The molecule has 0 atom stereocenters. The van der Waals surface area contributed by atoms with E-state index in [0.717, 1.165) is 23.0 Å². The van der Waals surface area contributed by atoms with Gasteiger partial charge in [-0.25, -0.2) is 0 Å². The van der Waals surface area contributed by atoms with E-state index in [1.54, 1.807) is 0 Å². The van der Waals surface area contributed by atoms with Gasteiger partial charge in [-0.05, 0) is 72.8 Å². The number of pyridine rings is 2. The topological polar surface area (TPSA) is 15.3 Å². The summed E-state index contributed by atoms with van der Waals surface area (Å²) in [4.78, 5) is 4.42. The predicted octanol–water partition coefficient (Wildman–Crippen LogP) is 5.73. The Morgan fingerprint density at radius 2 is 0.929 bits per heavy atom. The maximum Gasteiger partial charge on any atom is 0.117 e. The first kappa shape index (κ1) is 16.5. The van der Waals surface area contributed by atoms with E-state index >= 15 is 0 Å². The molecule has 0 aliphatic rings. The first-order valence-corrected chi connectivity index (χ1v) is 9.42. The van der Waals surface area contributed by atoms with Gasteiger partial charge in [-0.15, -0.1) is 0 Å². The number of rotatable bonds is 4. The molecule has 5 rings (SSSR count). The third-order valence-corrected chi connectivity index (χ3v) is 5.39. The van der Waals surface area contributed by atoms with E-state index in [2.05, 4.69) is 130 Å². The monoisotopic (exact) mass is 366 g/mol. The second-order valence-corrected chi connectivity index (χ2v) is 7.01. The van der Waals surface area contributed by atoms with Gasteiger partial charge in [0, 0.05) is 48.9 Å². The highest BCUT2D eigenvalue weighted by molar-refractivity contribution is 5.70. The van der Waals surface area contributed by atoms with Crippen LogP contribution in [0.25, 0.3) is 11.0 Å². The number of nitrogens with zero attached hydrogens (tertiary/aromatic N) is 4. The van der Waals surface area contributed by atoms with Gasteiger partial charge in [0.25, 0.3) is 0 Å². The fourth-order valence-electron chi connectivity index (χ4n) is 3.79. The number of benzene rings is 1. The molecule has 0 aliphatic carbocycles. The van der Waals surface area contributed by atoms with Crippen molar-refractivity contribution in [2.75, 3.05) is 23.9 Å². The number of anilines is 4. The van der Waals surface area contributed by atoms with E-state index in [4.69, 9.17) is 0 Å². The van der Waals surface area contributed by atoms with Crippen molar-refractivity contribution in [1.82, 2.24) is 8.80 Å². The Bertz CT molecular complexity index is 1150. The zero-order valence-electron chi connectivity index (χ0n) is 16.0. The van der Waals surface area contributed by atoms with Gasteiger partial charge in [-0.2, -0.15) is 0 Å². The first-order valence-electron chi connectivity index (χ1n) is 9.42. The molecule has 4 heterocycles. The van der Waals surface area contributed by atoms with Crippen LogP contribution < -0.4 is 9.80 Å². The molecule has 4 nitrogen and oxygen atoms in total. The van der Waals surface area contributed by atoms with Crippen LogP contribution in [0.1, 0.15) is 0 Å². The zero-order chi connectivity index (χ0) is 19.1. The molecular formula is C24H22N4. The van der Waals surface area contributed by atoms with Gasteiger partial charge in [-0.1, -0.05) is 12.1 Å². The lowest BCUT2D eigenvalue weighted by molar-refractivity contribution is 1.07. The molecule has 28 heavy (non-hydrogen) atoms. The average Bonchev–Trinajstić information content (AvgIpc) is 3.37. The summed E-state index contributed by atoms with van der Waals surface area (Å²) in [5.74, 6) is 2.29. The molecule has 1 aromatic carbocycles. The van der Waals surface area contributed by atoms with Gasteiger partial charge in [0.15, 0.2) is 0 Å². The summed E-state index contributed by atoms with van der Waals surface area (Å²) in [5.41, 5.74) is 4.70. The summed E-state index contributed by atoms with van der Waals surface area (Å²) < 4.78 is 4.40. The number of aromatic nitrogens is 2. The van der Waals surface area contributed by atoms with Crippen molar-refractivity contribution in [1.29, 1.82) is 0 Å². The van der Waals surface area contributed by atoms with Gasteiger partial charge < -0.3 is 18.6 Å². The molecule has 0 unspecified atom stereocenters. The fourth-order valence-corrected chi connectivity index (χ4v) is 3.79. The van der Waals surface area contributed by atoms with E-state index in [0.29, 0.717) is 0 Å². The molecule has 0 fully saturated rings. The fraction of sp³-hybridized carbons (Fsp3) is 0.0833. The lowest BCUT2D eigenvalue weighted by atomic mass is 10.2. The van der Waals surface area contributed by atoms with E-state index in [1.165, 1.54) is 11.0 Å². The minimum Gasteiger partial charge on any atom is -0.331 e. The van der Waals surface area contributed by atoms with Gasteiger partial charge in [0.1, 0.15) is 11.6 Å². The SMILES string of the molecule is CN(c1ccc(N(C)c2ccc3ccccn23)cc1)c1ccc2ccccn12. The maximum atomic E-state index is 2.21. The smallest absolute Gasteiger partial charge is 0.117 e. The molecule has 0 N–H and O–H groups in total. The van der Waals surface area contributed by atoms with Crippen LogP contribution >= 0.6 is 0 Å². The lowest BCUT2D eigenvalue weighted by Crippen LogP contribution is -2.13. The third-order valence-electron chi connectivity index (χ3n) is 5.39. The molecular weight excluding hydrogens is 344 g/mol. The normalized spacial score (nSPS) is 11.2. The van der Waals surface area contributed by atoms with E-state index in [1.807, 2.05) is 0 Å². The summed E-state index contributed by atoms with van der Waals surface area (Å²) in [7, 11) is 4.21. The summed E-state index contributed by atoms with van der Waals surface area (Å²) in [5, 5.41) is 0. The molecule has 5 aromatic rings. The van der Waals surface area contributed by atoms with Crippen LogP contribution in [0.15, 0.2) is 97.3 Å². The van der Waals surface area contributed by atoms with Crippen molar-refractivity contribution in [3.63, 3.8) is 0 Å². The summed E-state index contributed by atoms with van der Waals surface area (Å²) >= 11 is 0. The lowest BCUT2D eigenvalue weighted by Gasteiger charge is -2.22. The first-order chi connectivity index (χ1) is 13.7. The Balaban J connectivity index is 1.45. The minimum atomic E-state index is 1.15. The van der Waals surface area contributed by atoms with E-state index in [-0.39, 0.29) is 0 Å². The maximum absolute atomic E-state index is 2.21. The van der Waals surface area contributed by atoms with Crippen LogP contribution in [0.2, 0.25) is 0 Å². The highest BCUT2D eigenvalue weighted by Gasteiger charge is 2.11. The van der Waals surface area contributed by atoms with Crippen molar-refractivity contribution in [3.8, 4) is 0 Å². The van der Waals surface area contributed by atoms with E-state index < -0.39 is 0 Å². The number of fused-ring (bicyclic) bond motifs is 2. The van der Waals surface area contributed by atoms with Gasteiger partial charge in [-0.3, -0.25) is 0 Å². The van der Waals surface area contributed by atoms with Gasteiger partial charge in [0.05, 0.1) is 0 Å². The minimum absolute atomic E-state index is 1.15. The molecule has 0 amide bonds. The van der Waals surface area contributed by atoms with Crippen molar-refractivity contribution in [2.45, 2.75) is 0 Å². The van der Waals surface area contributed by atoms with Crippen LogP contribution in [0.5, 0.6) is 0 Å². The Morgan fingerprint density at radius 3 is 1.36 bits per heavy atom. The third kappa shape index (κ3) is 2.62. The van der Waals surface area contributed by atoms with Crippen LogP contribution in [0, 0.1) is 0 Å². The van der Waals surface area contributed by atoms with Crippen molar-refractivity contribution < 1.29 is 0 Å². The molecule has 0 aliphatic heterocycles. The van der Waals surface area contributed by atoms with Gasteiger partial charge in [0.2, 0.25) is 0 Å². The Morgan fingerprint density at radius 1 is 0.500 bits per heavy atom. The molecule has 0 spiro atoms. The van der Waals surface area contributed by atoms with Gasteiger partial charge >= 0.3 is 0 Å². The number of hydrogen-bond donors (Lipinski definition) is 0. The molecule has 138 valence electrons. The summed E-state index contributed by atoms with van der Waals surface area (Å²) in [6.45, 7) is 0. The largest absolute Gasteiger partial charge is 0.331 e. The Labute approximate surface area is 164 Å². The van der Waals surface area contributed by atoms with Crippen LogP contribution in [0.4, 0.5) is 23.0 Å². The number of hydrogen-bond acceptors (Lipinski definition) is 2. The Hall–Kier alpha value is -3.66. The molecule has 0 saturated heterocycles. The predicted molar refractivity (Wildman–Crippen MR) is 117 cm³/mol. The summed E-state index contributed by atoms with van der Waals surface area (Å²) in [6.07, 6.45) is 4.20. The molecule has 4 heteroatoms. The zero-order valence-corrected chi connectivity index (χ0v) is 16.0. The second-order valence-electron chi connectivity index (χ2n) is 7.01. The van der Waals surface area contributed by atoms with Crippen molar-refractivity contribution in [3.05, 3.63) is 97.3 Å². The molecule has 0 saturated carbocycles.